The van der Waals surface area contributed by atoms with Gasteiger partial charge in [-0.1, -0.05) is 30.7 Å². The molecule has 0 saturated heterocycles. The quantitative estimate of drug-likeness (QED) is 0.352. The molecule has 4 rings (SSSR count). The molecule has 2 atom stereocenters. The molecule has 13 heteroatoms. The second-order valence-corrected chi connectivity index (χ2v) is 8.54. The fourth-order valence-electron chi connectivity index (χ4n) is 3.88. The summed E-state index contributed by atoms with van der Waals surface area (Å²) in [6.07, 6.45) is -5.11. The molecular formula is C24H19ClF3N3O6. The molecule has 0 bridgehead atoms. The van der Waals surface area contributed by atoms with Crippen molar-refractivity contribution in [3.8, 4) is 11.6 Å². The highest BCUT2D eigenvalue weighted by atomic mass is 35.5. The lowest BCUT2D eigenvalue weighted by atomic mass is 9.77. The van der Waals surface area contributed by atoms with Gasteiger partial charge >= 0.3 is 17.9 Å². The highest BCUT2D eigenvalue weighted by Crippen LogP contribution is 2.50. The second-order valence-electron chi connectivity index (χ2n) is 8.13. The molecule has 0 saturated carbocycles. The Kier molecular flexibility index (Phi) is 6.74. The first kappa shape index (κ1) is 26.2. The maximum absolute atomic E-state index is 14.4. The first-order chi connectivity index (χ1) is 17.4. The third-order valence-corrected chi connectivity index (χ3v) is 6.31. The van der Waals surface area contributed by atoms with Crippen LogP contribution >= 0.6 is 11.6 Å². The average Bonchev–Trinajstić information content (AvgIpc) is 3.15. The smallest absolute Gasteiger partial charge is 0.422 e. The number of ether oxygens (including phenoxy) is 2. The third-order valence-electron chi connectivity index (χ3n) is 5.99. The summed E-state index contributed by atoms with van der Waals surface area (Å²) < 4.78 is 59.2. The van der Waals surface area contributed by atoms with Crippen molar-refractivity contribution in [1.82, 2.24) is 14.8 Å². The van der Waals surface area contributed by atoms with Gasteiger partial charge in [-0.05, 0) is 41.5 Å². The van der Waals surface area contributed by atoms with E-state index >= 15 is 0 Å². The number of carbonyl (C=O) groups is 1. The fraction of sp³-hybridized carbons (Fsp3) is 0.250. The molecule has 2 heterocycles. The number of fused-ring (bicyclic) bond motifs is 1. The zero-order valence-electron chi connectivity index (χ0n) is 19.5. The van der Waals surface area contributed by atoms with Gasteiger partial charge in [0.25, 0.3) is 0 Å². The second kappa shape index (κ2) is 9.52. The zero-order chi connectivity index (χ0) is 27.1. The molecule has 2 aromatic carbocycles. The van der Waals surface area contributed by atoms with Gasteiger partial charge in [-0.15, -0.1) is 10.2 Å². The molecule has 0 aliphatic heterocycles. The van der Waals surface area contributed by atoms with Crippen LogP contribution < -0.4 is 10.5 Å². The minimum Gasteiger partial charge on any atom is -0.464 e. The molecule has 4 aromatic rings. The lowest BCUT2D eigenvalue weighted by Gasteiger charge is -2.37. The topological polar surface area (TPSA) is 117 Å². The summed E-state index contributed by atoms with van der Waals surface area (Å²) >= 11 is 6.33. The van der Waals surface area contributed by atoms with Crippen molar-refractivity contribution in [2.24, 2.45) is 7.05 Å². The predicted octanol–water partition coefficient (Wildman–Crippen LogP) is 4.71. The number of methoxy groups -OCH3 is 1. The van der Waals surface area contributed by atoms with Gasteiger partial charge in [-0.3, -0.25) is 4.57 Å². The van der Waals surface area contributed by atoms with E-state index in [9.17, 15) is 27.9 Å². The summed E-state index contributed by atoms with van der Waals surface area (Å²) in [5, 5.41) is 18.4. The Morgan fingerprint density at radius 1 is 1.14 bits per heavy atom. The van der Waals surface area contributed by atoms with Crippen molar-refractivity contribution in [3.63, 3.8) is 0 Å². The number of hydrogen-bond donors (Lipinski definition) is 1. The van der Waals surface area contributed by atoms with Gasteiger partial charge in [0.15, 0.2) is 16.9 Å². The monoisotopic (exact) mass is 537 g/mol. The Labute approximate surface area is 212 Å². The maximum atomic E-state index is 14.4. The van der Waals surface area contributed by atoms with Crippen LogP contribution in [0.15, 0.2) is 57.7 Å². The van der Waals surface area contributed by atoms with E-state index in [1.807, 2.05) is 0 Å². The summed E-state index contributed by atoms with van der Waals surface area (Å²) in [6, 6.07) is 9.90. The number of aliphatic hydroxyl groups is 1. The summed E-state index contributed by atoms with van der Waals surface area (Å²) in [4.78, 5) is 23.2. The van der Waals surface area contributed by atoms with Crippen molar-refractivity contribution in [2.75, 3.05) is 7.11 Å². The van der Waals surface area contributed by atoms with E-state index in [1.165, 1.54) is 57.5 Å². The van der Waals surface area contributed by atoms with E-state index in [2.05, 4.69) is 14.9 Å². The summed E-state index contributed by atoms with van der Waals surface area (Å²) in [5.41, 5.74) is -3.74. The molecule has 0 aliphatic carbocycles. The van der Waals surface area contributed by atoms with Crippen molar-refractivity contribution < 1.29 is 37.0 Å². The Hall–Kier alpha value is -3.90. The lowest BCUT2D eigenvalue weighted by Crippen LogP contribution is -2.46. The Morgan fingerprint density at radius 3 is 2.46 bits per heavy atom. The third kappa shape index (κ3) is 4.65. The van der Waals surface area contributed by atoms with Crippen LogP contribution in [-0.4, -0.2) is 39.1 Å². The molecule has 2 aromatic heterocycles. The first-order valence-corrected chi connectivity index (χ1v) is 11.0. The number of nitrogens with zero attached hydrogens (tertiary/aromatic N) is 3. The van der Waals surface area contributed by atoms with E-state index < -0.39 is 35.0 Å². The number of esters is 1. The highest BCUT2D eigenvalue weighted by molar-refractivity contribution is 6.31. The van der Waals surface area contributed by atoms with Gasteiger partial charge in [0.05, 0.1) is 12.6 Å². The molecule has 0 fully saturated rings. The van der Waals surface area contributed by atoms with Gasteiger partial charge in [0.1, 0.15) is 5.75 Å². The van der Waals surface area contributed by atoms with Gasteiger partial charge in [0, 0.05) is 24.1 Å². The number of hydrogen-bond acceptors (Lipinski definition) is 8. The number of benzene rings is 2. The zero-order valence-corrected chi connectivity index (χ0v) is 20.3. The largest absolute Gasteiger partial charge is 0.464 e. The van der Waals surface area contributed by atoms with E-state index in [4.69, 9.17) is 20.8 Å². The molecule has 194 valence electrons. The van der Waals surface area contributed by atoms with Crippen LogP contribution in [0.2, 0.25) is 5.02 Å². The number of aromatic nitrogens is 3. The minimum atomic E-state index is -5.11. The Morgan fingerprint density at radius 2 is 1.86 bits per heavy atom. The van der Waals surface area contributed by atoms with Crippen LogP contribution in [0.1, 0.15) is 34.5 Å². The van der Waals surface area contributed by atoms with Crippen LogP contribution in [0, 0.1) is 0 Å². The number of alkyl halides is 3. The van der Waals surface area contributed by atoms with Crippen LogP contribution in [0.3, 0.4) is 0 Å². The summed E-state index contributed by atoms with van der Waals surface area (Å²) in [5.74, 6) is -2.89. The molecule has 0 aliphatic rings. The van der Waals surface area contributed by atoms with Crippen LogP contribution in [0.25, 0.3) is 11.1 Å². The van der Waals surface area contributed by atoms with Gasteiger partial charge in [-0.2, -0.15) is 13.2 Å². The molecule has 37 heavy (non-hydrogen) atoms. The van der Waals surface area contributed by atoms with Crippen LogP contribution in [0.5, 0.6) is 11.6 Å². The van der Waals surface area contributed by atoms with Gasteiger partial charge in [0.2, 0.25) is 5.88 Å². The number of carbonyl (C=O) groups excluding carboxylic acids is 1. The Bertz CT molecular complexity index is 1530. The van der Waals surface area contributed by atoms with Gasteiger partial charge < -0.3 is 19.0 Å². The summed E-state index contributed by atoms with van der Waals surface area (Å²) in [7, 11) is 2.54. The van der Waals surface area contributed by atoms with E-state index in [0.717, 1.165) is 16.7 Å². The first-order valence-electron chi connectivity index (χ1n) is 10.6. The standard InChI is InChI=1S/C24H19ClF3N3O6/c1-12(23(34,24(26,27)28)13-4-8-19-18(10-13)31(2)22(33)37-19)15-6-5-14(11-16(15)25)36-20-9-7-17(29-30-20)21(32)35-3/h4-12,34H,1-3H3. The lowest BCUT2D eigenvalue weighted by molar-refractivity contribution is -0.274. The van der Waals surface area contributed by atoms with Crippen molar-refractivity contribution >= 4 is 28.7 Å². The molecule has 9 nitrogen and oxygen atoms in total. The van der Waals surface area contributed by atoms with E-state index in [1.54, 1.807) is 0 Å². The fourth-order valence-corrected chi connectivity index (χ4v) is 4.21. The van der Waals surface area contributed by atoms with E-state index in [-0.39, 0.29) is 39.0 Å². The number of aryl methyl sites for hydroxylation is 1. The normalized spacial score (nSPS) is 14.3. The number of halogens is 4. The molecule has 0 spiro atoms. The Balaban J connectivity index is 1.68. The predicted molar refractivity (Wildman–Crippen MR) is 125 cm³/mol. The SMILES string of the molecule is COC(=O)c1ccc(Oc2ccc(C(C)C(O)(c3ccc4oc(=O)n(C)c4c3)C(F)(F)F)c(Cl)c2)nn1. The van der Waals surface area contributed by atoms with Crippen LogP contribution in [0.4, 0.5) is 13.2 Å². The molecular weight excluding hydrogens is 519 g/mol. The van der Waals surface area contributed by atoms with E-state index in [0.29, 0.717) is 0 Å². The molecule has 0 radical (unpaired) electrons. The number of rotatable bonds is 6. The van der Waals surface area contributed by atoms with Crippen molar-refractivity contribution in [3.05, 3.63) is 80.9 Å². The molecule has 1 N–H and O–H groups in total. The van der Waals surface area contributed by atoms with Crippen molar-refractivity contribution in [1.29, 1.82) is 0 Å². The average molecular weight is 538 g/mol. The highest BCUT2D eigenvalue weighted by Gasteiger charge is 2.59. The molecule has 0 amide bonds. The minimum absolute atomic E-state index is 0.00431. The molecule has 2 unspecified atom stereocenters. The maximum Gasteiger partial charge on any atom is 0.422 e. The van der Waals surface area contributed by atoms with Crippen LogP contribution in [-0.2, 0) is 17.4 Å². The number of oxazole rings is 1. The van der Waals surface area contributed by atoms with Crippen molar-refractivity contribution in [2.45, 2.75) is 24.6 Å². The summed E-state index contributed by atoms with van der Waals surface area (Å²) in [6.45, 7) is 1.19. The van der Waals surface area contributed by atoms with Gasteiger partial charge in [-0.25, -0.2) is 9.59 Å².